The van der Waals surface area contributed by atoms with Crippen LogP contribution in [-0.2, 0) is 21.2 Å². The van der Waals surface area contributed by atoms with Crippen molar-refractivity contribution in [2.45, 2.75) is 57.5 Å². The van der Waals surface area contributed by atoms with Crippen molar-refractivity contribution in [3.63, 3.8) is 0 Å². The maximum atomic E-state index is 13.7. The summed E-state index contributed by atoms with van der Waals surface area (Å²) in [5.41, 5.74) is 3.17. The number of hydrogen-bond acceptors (Lipinski definition) is 8. The SMILES string of the molecule is CCCc1cc(C(=O)Nc2cc(C)[nH]n2)ccc1OC(C(=O)NS(=O)(=O)c1ccc(C(C)C)cc1)c1ccc2c(c1)OCO2. The number of aromatic nitrogens is 2. The number of nitrogens with zero attached hydrogens (tertiary/aromatic N) is 1. The molecule has 230 valence electrons. The standard InChI is InChI=1S/C32H34N4O7S/c1-5-6-22-16-24(31(37)33-29-15-20(4)34-35-29)10-13-26(22)43-30(23-9-14-27-28(17-23)42-18-41-27)32(38)36-44(39,40)25-11-7-21(8-12-25)19(2)3/h7-17,19,30H,5-6,18H2,1-4H3,(H,36,38)(H2,33,34,35,37). The van der Waals surface area contributed by atoms with Gasteiger partial charge in [-0.05, 0) is 72.9 Å². The molecular weight excluding hydrogens is 584 g/mol. The minimum atomic E-state index is -4.22. The number of carbonyl (C=O) groups excluding carboxylic acids is 2. The molecule has 0 fully saturated rings. The maximum Gasteiger partial charge on any atom is 0.279 e. The Morgan fingerprint density at radius 1 is 0.977 bits per heavy atom. The monoisotopic (exact) mass is 618 g/mol. The van der Waals surface area contributed by atoms with Crippen LogP contribution in [0.25, 0.3) is 0 Å². The summed E-state index contributed by atoms with van der Waals surface area (Å²) in [7, 11) is -4.22. The highest BCUT2D eigenvalue weighted by molar-refractivity contribution is 7.90. The number of carbonyl (C=O) groups is 2. The van der Waals surface area contributed by atoms with Crippen LogP contribution in [0.5, 0.6) is 17.2 Å². The quantitative estimate of drug-likeness (QED) is 0.202. The van der Waals surface area contributed by atoms with Gasteiger partial charge < -0.3 is 19.5 Å². The second-order valence-electron chi connectivity index (χ2n) is 10.8. The number of anilines is 1. The normalized spacial score (nSPS) is 13.0. The van der Waals surface area contributed by atoms with E-state index in [9.17, 15) is 18.0 Å². The van der Waals surface area contributed by atoms with Gasteiger partial charge >= 0.3 is 0 Å². The molecule has 3 aromatic carbocycles. The van der Waals surface area contributed by atoms with Gasteiger partial charge in [0.05, 0.1) is 4.90 Å². The molecule has 2 amide bonds. The number of sulfonamides is 1. The van der Waals surface area contributed by atoms with Crippen LogP contribution >= 0.6 is 0 Å². The molecule has 1 unspecified atom stereocenters. The molecule has 11 nitrogen and oxygen atoms in total. The van der Waals surface area contributed by atoms with Crippen LogP contribution in [0.4, 0.5) is 5.82 Å². The minimum Gasteiger partial charge on any atom is -0.475 e. The van der Waals surface area contributed by atoms with Crippen molar-refractivity contribution in [2.24, 2.45) is 0 Å². The van der Waals surface area contributed by atoms with Gasteiger partial charge in [-0.15, -0.1) is 0 Å². The number of aryl methyl sites for hydroxylation is 2. The molecule has 0 saturated carbocycles. The van der Waals surface area contributed by atoms with Gasteiger partial charge in [0.2, 0.25) is 12.9 Å². The molecule has 12 heteroatoms. The summed E-state index contributed by atoms with van der Waals surface area (Å²) in [5, 5.41) is 9.57. The topological polar surface area (TPSA) is 149 Å². The molecule has 0 spiro atoms. The van der Waals surface area contributed by atoms with Crippen LogP contribution < -0.4 is 24.2 Å². The minimum absolute atomic E-state index is 0.0271. The lowest BCUT2D eigenvalue weighted by molar-refractivity contribution is -0.126. The number of aromatic amines is 1. The van der Waals surface area contributed by atoms with E-state index in [1.165, 1.54) is 12.1 Å². The van der Waals surface area contributed by atoms with E-state index in [0.717, 1.165) is 17.7 Å². The first kappa shape index (κ1) is 30.6. The summed E-state index contributed by atoms with van der Waals surface area (Å²) in [6.45, 7) is 7.84. The Bertz CT molecular complexity index is 1780. The molecule has 1 atom stereocenters. The van der Waals surface area contributed by atoms with E-state index in [2.05, 4.69) is 20.2 Å². The van der Waals surface area contributed by atoms with Crippen LogP contribution in [0.2, 0.25) is 0 Å². The van der Waals surface area contributed by atoms with E-state index in [1.807, 2.05) is 27.7 Å². The van der Waals surface area contributed by atoms with Crippen molar-refractivity contribution in [3.8, 4) is 17.2 Å². The van der Waals surface area contributed by atoms with E-state index >= 15 is 0 Å². The maximum absolute atomic E-state index is 13.7. The molecule has 5 rings (SSSR count). The Kier molecular flexibility index (Phi) is 8.91. The van der Waals surface area contributed by atoms with Gasteiger partial charge in [-0.3, -0.25) is 14.7 Å². The molecule has 3 N–H and O–H groups in total. The molecule has 44 heavy (non-hydrogen) atoms. The van der Waals surface area contributed by atoms with Crippen molar-refractivity contribution >= 4 is 27.7 Å². The molecule has 1 aliphatic rings. The van der Waals surface area contributed by atoms with Gasteiger partial charge in [-0.1, -0.05) is 45.4 Å². The lowest BCUT2D eigenvalue weighted by Crippen LogP contribution is -2.37. The fraction of sp³-hybridized carbons (Fsp3) is 0.281. The van der Waals surface area contributed by atoms with Crippen molar-refractivity contribution in [1.82, 2.24) is 14.9 Å². The smallest absolute Gasteiger partial charge is 0.279 e. The highest BCUT2D eigenvalue weighted by Crippen LogP contribution is 2.36. The highest BCUT2D eigenvalue weighted by Gasteiger charge is 2.30. The second kappa shape index (κ2) is 12.8. The van der Waals surface area contributed by atoms with Gasteiger partial charge in [0.15, 0.2) is 17.3 Å². The lowest BCUT2D eigenvalue weighted by Gasteiger charge is -2.22. The summed E-state index contributed by atoms with van der Waals surface area (Å²) < 4.78 is 45.9. The first-order chi connectivity index (χ1) is 21.0. The molecular formula is C32H34N4O7S. The van der Waals surface area contributed by atoms with Crippen LogP contribution in [0.3, 0.4) is 0 Å². The summed E-state index contributed by atoms with van der Waals surface area (Å²) in [4.78, 5) is 26.6. The summed E-state index contributed by atoms with van der Waals surface area (Å²) in [5.74, 6) is 0.592. The predicted molar refractivity (Wildman–Crippen MR) is 164 cm³/mol. The molecule has 0 radical (unpaired) electrons. The number of hydrogen-bond donors (Lipinski definition) is 3. The van der Waals surface area contributed by atoms with E-state index in [-0.39, 0.29) is 23.5 Å². The van der Waals surface area contributed by atoms with Crippen LogP contribution in [0.1, 0.15) is 72.0 Å². The molecule has 1 aromatic heterocycles. The van der Waals surface area contributed by atoms with Crippen LogP contribution in [-0.4, -0.2) is 37.2 Å². The zero-order chi connectivity index (χ0) is 31.4. The number of amides is 2. The Morgan fingerprint density at radius 3 is 2.39 bits per heavy atom. The third-order valence-electron chi connectivity index (χ3n) is 7.06. The fourth-order valence-corrected chi connectivity index (χ4v) is 5.71. The number of nitrogens with one attached hydrogen (secondary N) is 3. The summed E-state index contributed by atoms with van der Waals surface area (Å²) in [6, 6.07) is 17.8. The molecule has 0 aliphatic carbocycles. The van der Waals surface area contributed by atoms with E-state index in [1.54, 1.807) is 54.6 Å². The van der Waals surface area contributed by atoms with Gasteiger partial charge in [-0.2, -0.15) is 5.10 Å². The second-order valence-corrected chi connectivity index (χ2v) is 12.4. The third-order valence-corrected chi connectivity index (χ3v) is 8.43. The Hall–Kier alpha value is -4.84. The lowest BCUT2D eigenvalue weighted by atomic mass is 10.0. The molecule has 2 heterocycles. The fourth-order valence-electron chi connectivity index (χ4n) is 4.72. The first-order valence-corrected chi connectivity index (χ1v) is 15.7. The van der Waals surface area contributed by atoms with E-state index < -0.39 is 22.0 Å². The number of fused-ring (bicyclic) bond motifs is 1. The number of ether oxygens (including phenoxy) is 3. The van der Waals surface area contributed by atoms with E-state index in [0.29, 0.717) is 46.2 Å². The van der Waals surface area contributed by atoms with Crippen LogP contribution in [0, 0.1) is 6.92 Å². The van der Waals surface area contributed by atoms with Crippen molar-refractivity contribution < 1.29 is 32.2 Å². The zero-order valence-corrected chi connectivity index (χ0v) is 25.7. The van der Waals surface area contributed by atoms with Gasteiger partial charge in [-0.25, -0.2) is 13.1 Å². The predicted octanol–water partition coefficient (Wildman–Crippen LogP) is 5.40. The Morgan fingerprint density at radius 2 is 1.70 bits per heavy atom. The van der Waals surface area contributed by atoms with Crippen LogP contribution in [0.15, 0.2) is 71.6 Å². The first-order valence-electron chi connectivity index (χ1n) is 14.2. The summed E-state index contributed by atoms with van der Waals surface area (Å²) in [6.07, 6.45) is -0.119. The summed E-state index contributed by atoms with van der Waals surface area (Å²) >= 11 is 0. The number of benzene rings is 3. The van der Waals surface area contributed by atoms with Gasteiger partial charge in [0, 0.05) is 22.9 Å². The largest absolute Gasteiger partial charge is 0.475 e. The third kappa shape index (κ3) is 6.86. The highest BCUT2D eigenvalue weighted by atomic mass is 32.2. The van der Waals surface area contributed by atoms with Gasteiger partial charge in [0.1, 0.15) is 5.75 Å². The number of rotatable bonds is 11. The Balaban J connectivity index is 1.45. The van der Waals surface area contributed by atoms with Gasteiger partial charge in [0.25, 0.3) is 21.8 Å². The molecule has 0 saturated heterocycles. The van der Waals surface area contributed by atoms with Crippen molar-refractivity contribution in [1.29, 1.82) is 0 Å². The zero-order valence-electron chi connectivity index (χ0n) is 24.8. The molecule has 0 bridgehead atoms. The average Bonchev–Trinajstić information content (AvgIpc) is 3.64. The molecule has 4 aromatic rings. The Labute approximate surface area is 256 Å². The molecule has 1 aliphatic heterocycles. The number of H-pyrrole nitrogens is 1. The average molecular weight is 619 g/mol. The van der Waals surface area contributed by atoms with Crippen molar-refractivity contribution in [2.75, 3.05) is 12.1 Å². The van der Waals surface area contributed by atoms with E-state index in [4.69, 9.17) is 14.2 Å². The van der Waals surface area contributed by atoms with Crippen molar-refractivity contribution in [3.05, 3.63) is 94.7 Å².